The molecule has 0 N–H and O–H groups in total. The third-order valence-corrected chi connectivity index (χ3v) is 5.98. The summed E-state index contributed by atoms with van der Waals surface area (Å²) < 4.78 is 5.21. The molecule has 3 amide bonds. The molecule has 0 atom stereocenters. The van der Waals surface area contributed by atoms with Gasteiger partial charge in [-0.15, -0.1) is 0 Å². The monoisotopic (exact) mass is 441 g/mol. The number of morpholine rings is 1. The SMILES string of the molecule is O=C(CCCc1ccc(Cl)c(Cl)c1)N1CCN(C(=O)C(=O)N2CCOCC2)CC1. The van der Waals surface area contributed by atoms with Gasteiger partial charge in [0.2, 0.25) is 5.91 Å². The Morgan fingerprint density at radius 2 is 1.41 bits per heavy atom. The lowest BCUT2D eigenvalue weighted by Crippen LogP contribution is -2.55. The van der Waals surface area contributed by atoms with Crippen molar-refractivity contribution in [1.29, 1.82) is 0 Å². The number of nitrogens with zero attached hydrogens (tertiary/aromatic N) is 3. The first-order valence-electron chi connectivity index (χ1n) is 9.83. The van der Waals surface area contributed by atoms with Crippen LogP contribution in [-0.4, -0.2) is 84.9 Å². The summed E-state index contributed by atoms with van der Waals surface area (Å²) in [6.45, 7) is 3.49. The van der Waals surface area contributed by atoms with Crippen LogP contribution < -0.4 is 0 Å². The fourth-order valence-electron chi connectivity index (χ4n) is 3.49. The largest absolute Gasteiger partial charge is 0.378 e. The van der Waals surface area contributed by atoms with Gasteiger partial charge in [-0.1, -0.05) is 29.3 Å². The van der Waals surface area contributed by atoms with Crippen LogP contribution in [0.3, 0.4) is 0 Å². The minimum absolute atomic E-state index is 0.0664. The van der Waals surface area contributed by atoms with E-state index in [0.717, 1.165) is 12.0 Å². The molecule has 158 valence electrons. The average molecular weight is 442 g/mol. The number of carbonyl (C=O) groups excluding carboxylic acids is 3. The first-order chi connectivity index (χ1) is 14.0. The smallest absolute Gasteiger partial charge is 0.312 e. The number of hydrogen-bond acceptors (Lipinski definition) is 4. The van der Waals surface area contributed by atoms with Crippen LogP contribution in [0.25, 0.3) is 0 Å². The molecule has 1 aromatic carbocycles. The van der Waals surface area contributed by atoms with E-state index in [4.69, 9.17) is 27.9 Å². The molecular weight excluding hydrogens is 417 g/mol. The Bertz CT molecular complexity index is 760. The van der Waals surface area contributed by atoms with Crippen LogP contribution in [0, 0.1) is 0 Å². The second kappa shape index (κ2) is 10.3. The maximum absolute atomic E-state index is 12.5. The molecule has 0 aliphatic carbocycles. The van der Waals surface area contributed by atoms with Gasteiger partial charge in [0.15, 0.2) is 0 Å². The Labute approximate surface area is 180 Å². The quantitative estimate of drug-likeness (QED) is 0.668. The van der Waals surface area contributed by atoms with Gasteiger partial charge in [0.25, 0.3) is 0 Å². The van der Waals surface area contributed by atoms with Crippen molar-refractivity contribution in [2.24, 2.45) is 0 Å². The van der Waals surface area contributed by atoms with Crippen molar-refractivity contribution in [3.63, 3.8) is 0 Å². The summed E-state index contributed by atoms with van der Waals surface area (Å²) in [5, 5.41) is 1.04. The predicted molar refractivity (Wildman–Crippen MR) is 110 cm³/mol. The van der Waals surface area contributed by atoms with E-state index in [-0.39, 0.29) is 5.91 Å². The van der Waals surface area contributed by atoms with Gasteiger partial charge < -0.3 is 19.4 Å². The van der Waals surface area contributed by atoms with Crippen LogP contribution in [-0.2, 0) is 25.5 Å². The predicted octanol–water partition coefficient (Wildman–Crippen LogP) is 1.85. The van der Waals surface area contributed by atoms with E-state index in [1.54, 1.807) is 11.0 Å². The molecular formula is C20H25Cl2N3O4. The highest BCUT2D eigenvalue weighted by Crippen LogP contribution is 2.23. The number of carbonyl (C=O) groups is 3. The molecule has 1 aromatic rings. The lowest BCUT2D eigenvalue weighted by molar-refractivity contribution is -0.155. The molecule has 0 spiro atoms. The molecule has 0 saturated carbocycles. The minimum atomic E-state index is -0.487. The molecule has 7 nitrogen and oxygen atoms in total. The van der Waals surface area contributed by atoms with Crippen molar-refractivity contribution in [1.82, 2.24) is 14.7 Å². The van der Waals surface area contributed by atoms with Gasteiger partial charge in [0, 0.05) is 45.7 Å². The molecule has 2 aliphatic heterocycles. The van der Waals surface area contributed by atoms with Crippen molar-refractivity contribution < 1.29 is 19.1 Å². The van der Waals surface area contributed by atoms with Crippen molar-refractivity contribution in [3.05, 3.63) is 33.8 Å². The summed E-state index contributed by atoms with van der Waals surface area (Å²) in [5.41, 5.74) is 1.05. The van der Waals surface area contributed by atoms with Crippen molar-refractivity contribution >= 4 is 40.9 Å². The van der Waals surface area contributed by atoms with Crippen LogP contribution in [0.4, 0.5) is 0 Å². The summed E-state index contributed by atoms with van der Waals surface area (Å²) in [6, 6.07) is 5.49. The Kier molecular flexibility index (Phi) is 7.75. The van der Waals surface area contributed by atoms with Crippen LogP contribution in [0.1, 0.15) is 18.4 Å². The molecule has 0 bridgehead atoms. The minimum Gasteiger partial charge on any atom is -0.378 e. The van der Waals surface area contributed by atoms with Crippen LogP contribution in [0.5, 0.6) is 0 Å². The number of aryl methyl sites for hydroxylation is 1. The van der Waals surface area contributed by atoms with E-state index in [1.165, 1.54) is 9.80 Å². The summed E-state index contributed by atoms with van der Waals surface area (Å²) in [7, 11) is 0. The third-order valence-electron chi connectivity index (χ3n) is 5.24. The molecule has 2 heterocycles. The van der Waals surface area contributed by atoms with Crippen LogP contribution in [0.2, 0.25) is 10.0 Å². The normalized spacial score (nSPS) is 17.4. The van der Waals surface area contributed by atoms with E-state index < -0.39 is 11.8 Å². The van der Waals surface area contributed by atoms with E-state index in [1.807, 2.05) is 12.1 Å². The lowest BCUT2D eigenvalue weighted by atomic mass is 10.1. The topological polar surface area (TPSA) is 70.2 Å². The zero-order valence-corrected chi connectivity index (χ0v) is 17.8. The van der Waals surface area contributed by atoms with Gasteiger partial charge in [0.1, 0.15) is 0 Å². The number of benzene rings is 1. The Morgan fingerprint density at radius 1 is 0.828 bits per heavy atom. The summed E-state index contributed by atoms with van der Waals surface area (Å²) in [5.74, 6) is -0.898. The van der Waals surface area contributed by atoms with Gasteiger partial charge in [0.05, 0.1) is 23.3 Å². The molecule has 2 fully saturated rings. The van der Waals surface area contributed by atoms with Gasteiger partial charge in [-0.3, -0.25) is 14.4 Å². The second-order valence-electron chi connectivity index (χ2n) is 7.18. The van der Waals surface area contributed by atoms with Crippen molar-refractivity contribution in [3.8, 4) is 0 Å². The maximum Gasteiger partial charge on any atom is 0.312 e. The Balaban J connectivity index is 1.40. The summed E-state index contributed by atoms with van der Waals surface area (Å²) >= 11 is 11.9. The van der Waals surface area contributed by atoms with Gasteiger partial charge in [-0.2, -0.15) is 0 Å². The molecule has 0 aromatic heterocycles. The van der Waals surface area contributed by atoms with Crippen molar-refractivity contribution in [2.75, 3.05) is 52.5 Å². The van der Waals surface area contributed by atoms with Gasteiger partial charge in [-0.05, 0) is 30.5 Å². The summed E-state index contributed by atoms with van der Waals surface area (Å²) in [4.78, 5) is 42.0. The first kappa shape index (κ1) is 21.9. The first-order valence-corrected chi connectivity index (χ1v) is 10.6. The molecule has 29 heavy (non-hydrogen) atoms. The molecule has 2 saturated heterocycles. The fraction of sp³-hybridized carbons (Fsp3) is 0.550. The standard InChI is InChI=1S/C20H25Cl2N3O4/c21-16-5-4-15(14-17(16)22)2-1-3-18(26)23-6-8-24(9-7-23)19(27)20(28)25-10-12-29-13-11-25/h4-5,14H,1-3,6-13H2. The van der Waals surface area contributed by atoms with Crippen molar-refractivity contribution in [2.45, 2.75) is 19.3 Å². The Hall–Kier alpha value is -1.83. The molecule has 0 radical (unpaired) electrons. The zero-order chi connectivity index (χ0) is 20.8. The highest BCUT2D eigenvalue weighted by Gasteiger charge is 2.31. The zero-order valence-electron chi connectivity index (χ0n) is 16.2. The van der Waals surface area contributed by atoms with Crippen LogP contribution in [0.15, 0.2) is 18.2 Å². The molecule has 9 heteroatoms. The highest BCUT2D eigenvalue weighted by atomic mass is 35.5. The summed E-state index contributed by atoms with van der Waals surface area (Å²) in [6.07, 6.45) is 1.89. The van der Waals surface area contributed by atoms with E-state index in [2.05, 4.69) is 0 Å². The fourth-order valence-corrected chi connectivity index (χ4v) is 3.81. The maximum atomic E-state index is 12.5. The molecule has 2 aliphatic rings. The second-order valence-corrected chi connectivity index (χ2v) is 7.99. The van der Waals surface area contributed by atoms with Gasteiger partial charge >= 0.3 is 11.8 Å². The van der Waals surface area contributed by atoms with E-state index in [9.17, 15) is 14.4 Å². The third kappa shape index (κ3) is 5.84. The number of halogens is 2. The number of rotatable bonds is 4. The average Bonchev–Trinajstić information content (AvgIpc) is 2.76. The number of hydrogen-bond donors (Lipinski definition) is 0. The number of piperazine rings is 1. The Morgan fingerprint density at radius 3 is 2.03 bits per heavy atom. The lowest BCUT2D eigenvalue weighted by Gasteiger charge is -2.36. The van der Waals surface area contributed by atoms with E-state index in [0.29, 0.717) is 75.4 Å². The highest BCUT2D eigenvalue weighted by molar-refractivity contribution is 6.42. The van der Waals surface area contributed by atoms with E-state index >= 15 is 0 Å². The van der Waals surface area contributed by atoms with Crippen LogP contribution >= 0.6 is 23.2 Å². The molecule has 3 rings (SSSR count). The van der Waals surface area contributed by atoms with Gasteiger partial charge in [-0.25, -0.2) is 0 Å². The number of amides is 3. The number of ether oxygens (including phenoxy) is 1. The molecule has 0 unspecified atom stereocenters.